The van der Waals surface area contributed by atoms with E-state index in [-0.39, 0.29) is 4.90 Å². The lowest BCUT2D eigenvalue weighted by atomic mass is 10.2. The Labute approximate surface area is 163 Å². The summed E-state index contributed by atoms with van der Waals surface area (Å²) in [4.78, 5) is 18.2. The quantitative estimate of drug-likeness (QED) is 0.663. The first-order chi connectivity index (χ1) is 13.4. The number of fused-ring (bicyclic) bond motifs is 1. The number of hydrogen-bond donors (Lipinski definition) is 0. The highest BCUT2D eigenvalue weighted by molar-refractivity contribution is 7.89. The SMILES string of the molecule is Cc1cnccc1N1CCCN(S(=O)(=O)c2ccc3oc(=O)n(C)c3c2)CC1. The fourth-order valence-corrected chi connectivity index (χ4v) is 5.10. The zero-order chi connectivity index (χ0) is 19.9. The summed E-state index contributed by atoms with van der Waals surface area (Å²) in [5, 5.41) is 0. The van der Waals surface area contributed by atoms with Gasteiger partial charge in [-0.25, -0.2) is 13.2 Å². The molecule has 0 N–H and O–H groups in total. The van der Waals surface area contributed by atoms with Crippen LogP contribution in [-0.4, -0.2) is 48.5 Å². The van der Waals surface area contributed by atoms with Gasteiger partial charge in [-0.3, -0.25) is 9.55 Å². The van der Waals surface area contributed by atoms with Gasteiger partial charge >= 0.3 is 5.76 Å². The zero-order valence-electron chi connectivity index (χ0n) is 15.8. The first-order valence-corrected chi connectivity index (χ1v) is 10.6. The molecule has 148 valence electrons. The number of benzene rings is 1. The molecule has 1 aliphatic rings. The third kappa shape index (κ3) is 3.20. The van der Waals surface area contributed by atoms with Crippen molar-refractivity contribution in [1.29, 1.82) is 0 Å². The van der Waals surface area contributed by atoms with E-state index < -0.39 is 15.8 Å². The highest BCUT2D eigenvalue weighted by Crippen LogP contribution is 2.24. The summed E-state index contributed by atoms with van der Waals surface area (Å²) < 4.78 is 34.3. The Balaban J connectivity index is 1.61. The van der Waals surface area contributed by atoms with Gasteiger partial charge in [0.25, 0.3) is 0 Å². The third-order valence-corrected chi connectivity index (χ3v) is 7.08. The van der Waals surface area contributed by atoms with Crippen LogP contribution < -0.4 is 10.7 Å². The van der Waals surface area contributed by atoms with E-state index in [1.165, 1.54) is 27.1 Å². The van der Waals surface area contributed by atoms with E-state index in [0.717, 1.165) is 24.2 Å². The van der Waals surface area contributed by atoms with Crippen molar-refractivity contribution < 1.29 is 12.8 Å². The normalized spacial score (nSPS) is 16.4. The molecule has 8 nitrogen and oxygen atoms in total. The lowest BCUT2D eigenvalue weighted by molar-refractivity contribution is 0.433. The van der Waals surface area contributed by atoms with Crippen molar-refractivity contribution in [2.75, 3.05) is 31.1 Å². The molecular weight excluding hydrogens is 380 g/mol. The minimum Gasteiger partial charge on any atom is -0.408 e. The summed E-state index contributed by atoms with van der Waals surface area (Å²) in [5.41, 5.74) is 3.01. The maximum Gasteiger partial charge on any atom is 0.419 e. The molecule has 2 aromatic heterocycles. The molecule has 0 atom stereocenters. The van der Waals surface area contributed by atoms with Crippen molar-refractivity contribution in [1.82, 2.24) is 13.9 Å². The predicted molar refractivity (Wildman–Crippen MR) is 106 cm³/mol. The van der Waals surface area contributed by atoms with Crippen molar-refractivity contribution in [3.8, 4) is 0 Å². The van der Waals surface area contributed by atoms with Gasteiger partial charge in [0.1, 0.15) is 0 Å². The molecule has 28 heavy (non-hydrogen) atoms. The van der Waals surface area contributed by atoms with Gasteiger partial charge in [0.05, 0.1) is 10.4 Å². The smallest absolute Gasteiger partial charge is 0.408 e. The molecule has 0 aliphatic carbocycles. The Hall–Kier alpha value is -2.65. The predicted octanol–water partition coefficient (Wildman–Crippen LogP) is 1.74. The Bertz CT molecular complexity index is 1180. The number of hydrogen-bond acceptors (Lipinski definition) is 6. The maximum absolute atomic E-state index is 13.2. The van der Waals surface area contributed by atoms with Crippen molar-refractivity contribution >= 4 is 26.8 Å². The molecule has 4 rings (SSSR count). The van der Waals surface area contributed by atoms with Crippen LogP contribution in [0.2, 0.25) is 0 Å². The molecule has 1 fully saturated rings. The second-order valence-electron chi connectivity index (χ2n) is 6.96. The lowest BCUT2D eigenvalue weighted by Crippen LogP contribution is -2.35. The van der Waals surface area contributed by atoms with E-state index in [4.69, 9.17) is 4.42 Å². The number of rotatable bonds is 3. The van der Waals surface area contributed by atoms with E-state index in [1.807, 2.05) is 19.2 Å². The Morgan fingerprint density at radius 2 is 1.93 bits per heavy atom. The lowest BCUT2D eigenvalue weighted by Gasteiger charge is -2.24. The molecule has 0 bridgehead atoms. The molecule has 1 aliphatic heterocycles. The second kappa shape index (κ2) is 7.06. The Morgan fingerprint density at radius 3 is 2.71 bits per heavy atom. The number of aromatic nitrogens is 2. The molecule has 1 saturated heterocycles. The van der Waals surface area contributed by atoms with Crippen molar-refractivity contribution in [2.45, 2.75) is 18.2 Å². The highest BCUT2D eigenvalue weighted by atomic mass is 32.2. The van der Waals surface area contributed by atoms with Gasteiger partial charge in [-0.1, -0.05) is 0 Å². The minimum absolute atomic E-state index is 0.171. The molecule has 0 radical (unpaired) electrons. The average molecular weight is 402 g/mol. The van der Waals surface area contributed by atoms with E-state index in [0.29, 0.717) is 30.7 Å². The molecule has 0 unspecified atom stereocenters. The third-order valence-electron chi connectivity index (χ3n) is 5.19. The summed E-state index contributed by atoms with van der Waals surface area (Å²) >= 11 is 0. The molecule has 1 aromatic carbocycles. The monoisotopic (exact) mass is 402 g/mol. The van der Waals surface area contributed by atoms with E-state index in [1.54, 1.807) is 13.2 Å². The number of oxazole rings is 1. The summed E-state index contributed by atoms with van der Waals surface area (Å²) in [6.45, 7) is 4.24. The number of sulfonamides is 1. The van der Waals surface area contributed by atoms with Crippen molar-refractivity contribution in [2.24, 2.45) is 7.05 Å². The second-order valence-corrected chi connectivity index (χ2v) is 8.90. The van der Waals surface area contributed by atoms with Crippen molar-refractivity contribution in [3.63, 3.8) is 0 Å². The molecule has 0 saturated carbocycles. The van der Waals surface area contributed by atoms with Gasteiger partial charge in [0.2, 0.25) is 10.0 Å². The summed E-state index contributed by atoms with van der Waals surface area (Å²) in [6.07, 6.45) is 4.30. The van der Waals surface area contributed by atoms with Crippen LogP contribution in [0, 0.1) is 6.92 Å². The summed E-state index contributed by atoms with van der Waals surface area (Å²) in [5.74, 6) is -0.511. The van der Waals surface area contributed by atoms with Crippen LogP contribution in [0.25, 0.3) is 11.1 Å². The van der Waals surface area contributed by atoms with Gasteiger partial charge in [0.15, 0.2) is 5.58 Å². The number of pyridine rings is 1. The van der Waals surface area contributed by atoms with Crippen LogP contribution >= 0.6 is 0 Å². The molecule has 3 heterocycles. The zero-order valence-corrected chi connectivity index (χ0v) is 16.6. The van der Waals surface area contributed by atoms with Crippen LogP contribution in [-0.2, 0) is 17.1 Å². The van der Waals surface area contributed by atoms with Gasteiger partial charge in [-0.15, -0.1) is 0 Å². The van der Waals surface area contributed by atoms with Gasteiger partial charge < -0.3 is 9.32 Å². The topological polar surface area (TPSA) is 88.7 Å². The summed E-state index contributed by atoms with van der Waals surface area (Å²) in [7, 11) is -2.10. The number of anilines is 1. The largest absolute Gasteiger partial charge is 0.419 e. The van der Waals surface area contributed by atoms with Crippen LogP contribution in [0.1, 0.15) is 12.0 Å². The van der Waals surface area contributed by atoms with Crippen molar-refractivity contribution in [3.05, 3.63) is 52.8 Å². The molecular formula is C19H22N4O4S. The van der Waals surface area contributed by atoms with Crippen LogP contribution in [0.5, 0.6) is 0 Å². The van der Waals surface area contributed by atoms with Crippen LogP contribution in [0.3, 0.4) is 0 Å². The van der Waals surface area contributed by atoms with E-state index in [9.17, 15) is 13.2 Å². The first kappa shape index (κ1) is 18.7. The number of aryl methyl sites for hydroxylation is 2. The standard InChI is InChI=1S/C19H22N4O4S/c1-14-13-20-7-6-16(14)22-8-3-9-23(11-10-22)28(25,26)15-4-5-18-17(12-15)21(2)19(24)27-18/h4-7,12-13H,3,8-11H2,1-2H3. The fourth-order valence-electron chi connectivity index (χ4n) is 3.61. The van der Waals surface area contributed by atoms with Gasteiger partial charge in [-0.05, 0) is 43.2 Å². The minimum atomic E-state index is -3.66. The molecule has 9 heteroatoms. The molecule has 0 amide bonds. The molecule has 3 aromatic rings. The Morgan fingerprint density at radius 1 is 1.11 bits per heavy atom. The van der Waals surface area contributed by atoms with E-state index in [2.05, 4.69) is 9.88 Å². The highest BCUT2D eigenvalue weighted by Gasteiger charge is 2.28. The van der Waals surface area contributed by atoms with E-state index >= 15 is 0 Å². The first-order valence-electron chi connectivity index (χ1n) is 9.13. The Kier molecular flexibility index (Phi) is 4.72. The van der Waals surface area contributed by atoms with Crippen LogP contribution in [0.4, 0.5) is 5.69 Å². The van der Waals surface area contributed by atoms with Gasteiger partial charge in [0, 0.05) is 51.3 Å². The molecule has 0 spiro atoms. The summed E-state index contributed by atoms with van der Waals surface area (Å²) in [6, 6.07) is 6.50. The van der Waals surface area contributed by atoms with Gasteiger partial charge in [-0.2, -0.15) is 4.31 Å². The maximum atomic E-state index is 13.2. The fraction of sp³-hybridized carbons (Fsp3) is 0.368. The number of nitrogens with zero attached hydrogens (tertiary/aromatic N) is 4. The van der Waals surface area contributed by atoms with Crippen LogP contribution in [0.15, 0.2) is 50.8 Å². The average Bonchev–Trinajstić information content (AvgIpc) is 2.86.